The van der Waals surface area contributed by atoms with Crippen LogP contribution in [0.4, 0.5) is 4.79 Å². The second-order valence-electron chi connectivity index (χ2n) is 7.93. The van der Waals surface area contributed by atoms with Crippen LogP contribution in [0.2, 0.25) is 0 Å². The average Bonchev–Trinajstić information content (AvgIpc) is 2.66. The predicted octanol–water partition coefficient (Wildman–Crippen LogP) is 3.29. The van der Waals surface area contributed by atoms with Crippen LogP contribution in [0.1, 0.15) is 73.6 Å². The Balaban J connectivity index is 2.72. The van der Waals surface area contributed by atoms with Gasteiger partial charge in [-0.2, -0.15) is 0 Å². The zero-order valence-corrected chi connectivity index (χ0v) is 19.1. The van der Waals surface area contributed by atoms with Gasteiger partial charge in [-0.05, 0) is 39.5 Å². The van der Waals surface area contributed by atoms with E-state index in [1.807, 2.05) is 0 Å². The molecule has 1 aliphatic carbocycles. The first-order valence-corrected chi connectivity index (χ1v) is 10.7. The summed E-state index contributed by atoms with van der Waals surface area (Å²) in [6.07, 6.45) is 2.37. The van der Waals surface area contributed by atoms with Crippen molar-refractivity contribution in [1.82, 2.24) is 5.32 Å². The molecule has 1 atom stereocenters. The number of nitrogens with one attached hydrogen (secondary N) is 1. The molecule has 0 bridgehead atoms. The van der Waals surface area contributed by atoms with Gasteiger partial charge in [0.25, 0.3) is 12.1 Å². The smallest absolute Gasteiger partial charge is 0.410 e. The van der Waals surface area contributed by atoms with Gasteiger partial charge in [-0.15, -0.1) is 0 Å². The van der Waals surface area contributed by atoms with Crippen molar-refractivity contribution in [2.24, 2.45) is 5.92 Å². The first-order chi connectivity index (χ1) is 14.1. The van der Waals surface area contributed by atoms with Crippen LogP contribution in [0.25, 0.3) is 0 Å². The van der Waals surface area contributed by atoms with E-state index in [0.717, 1.165) is 19.3 Å². The van der Waals surface area contributed by atoms with E-state index >= 15 is 0 Å². The Morgan fingerprint density at radius 2 is 1.57 bits per heavy atom. The standard InChI is InChI=1S/C21H37NO8/c1-7-26-20(6,27-8-2)18(24)28-17(15(3)4)29-19(25)22-14-21(30-16(5)23)12-10-9-11-13-21/h15,17H,7-14H2,1-6H3,(H,22,25). The van der Waals surface area contributed by atoms with Crippen molar-refractivity contribution in [2.75, 3.05) is 19.8 Å². The van der Waals surface area contributed by atoms with Gasteiger partial charge in [0.2, 0.25) is 0 Å². The van der Waals surface area contributed by atoms with Gasteiger partial charge < -0.3 is 29.0 Å². The highest BCUT2D eigenvalue weighted by Crippen LogP contribution is 2.31. The topological polar surface area (TPSA) is 109 Å². The number of hydrogen-bond acceptors (Lipinski definition) is 8. The molecular formula is C21H37NO8. The largest absolute Gasteiger partial charge is 0.457 e. The molecule has 174 valence electrons. The van der Waals surface area contributed by atoms with E-state index in [9.17, 15) is 14.4 Å². The molecule has 30 heavy (non-hydrogen) atoms. The van der Waals surface area contributed by atoms with Crippen LogP contribution in [0, 0.1) is 5.92 Å². The van der Waals surface area contributed by atoms with Crippen molar-refractivity contribution in [3.63, 3.8) is 0 Å². The molecule has 1 fully saturated rings. The maximum absolute atomic E-state index is 12.6. The van der Waals surface area contributed by atoms with Crippen molar-refractivity contribution in [2.45, 2.75) is 91.3 Å². The molecule has 1 unspecified atom stereocenters. The van der Waals surface area contributed by atoms with Gasteiger partial charge in [-0.3, -0.25) is 4.79 Å². The Morgan fingerprint density at radius 1 is 1.00 bits per heavy atom. The Hall–Kier alpha value is -1.87. The summed E-state index contributed by atoms with van der Waals surface area (Å²) in [4.78, 5) is 36.5. The van der Waals surface area contributed by atoms with E-state index in [0.29, 0.717) is 12.8 Å². The van der Waals surface area contributed by atoms with E-state index in [2.05, 4.69) is 5.32 Å². The average molecular weight is 432 g/mol. The Labute approximate surface area is 179 Å². The van der Waals surface area contributed by atoms with E-state index < -0.39 is 29.7 Å². The molecule has 0 aliphatic heterocycles. The van der Waals surface area contributed by atoms with Crippen LogP contribution in [-0.4, -0.2) is 55.5 Å². The fourth-order valence-electron chi connectivity index (χ4n) is 3.42. The fraction of sp³-hybridized carbons (Fsp3) is 0.857. The third-order valence-corrected chi connectivity index (χ3v) is 4.88. The Bertz CT molecular complexity index is 565. The maximum atomic E-state index is 12.6. The van der Waals surface area contributed by atoms with Crippen LogP contribution in [0.5, 0.6) is 0 Å². The van der Waals surface area contributed by atoms with Crippen LogP contribution < -0.4 is 5.32 Å². The van der Waals surface area contributed by atoms with Crippen molar-refractivity contribution in [3.05, 3.63) is 0 Å². The molecule has 9 heteroatoms. The number of hydrogen-bond donors (Lipinski definition) is 1. The summed E-state index contributed by atoms with van der Waals surface area (Å²) in [6, 6.07) is 0. The zero-order valence-electron chi connectivity index (χ0n) is 19.1. The summed E-state index contributed by atoms with van der Waals surface area (Å²) >= 11 is 0. The van der Waals surface area contributed by atoms with Gasteiger partial charge in [-0.25, -0.2) is 9.59 Å². The summed E-state index contributed by atoms with van der Waals surface area (Å²) in [5.74, 6) is -3.05. The van der Waals surface area contributed by atoms with Crippen molar-refractivity contribution >= 4 is 18.0 Å². The highest BCUT2D eigenvalue weighted by molar-refractivity contribution is 5.77. The highest BCUT2D eigenvalue weighted by Gasteiger charge is 2.40. The van der Waals surface area contributed by atoms with Crippen LogP contribution in [0.3, 0.4) is 0 Å². The number of ether oxygens (including phenoxy) is 5. The Morgan fingerprint density at radius 3 is 2.03 bits per heavy atom. The summed E-state index contributed by atoms with van der Waals surface area (Å²) in [7, 11) is 0. The minimum atomic E-state index is -1.59. The number of alkyl carbamates (subject to hydrolysis) is 1. The molecular weight excluding hydrogens is 394 g/mol. The predicted molar refractivity (Wildman–Crippen MR) is 108 cm³/mol. The molecule has 0 radical (unpaired) electrons. The van der Waals surface area contributed by atoms with E-state index in [1.165, 1.54) is 13.8 Å². The minimum absolute atomic E-state index is 0.139. The number of rotatable bonds is 11. The number of carbonyl (C=O) groups is 3. The SMILES string of the molecule is CCOC(C)(OCC)C(=O)OC(OC(=O)NCC1(OC(C)=O)CCCCC1)C(C)C. The summed E-state index contributed by atoms with van der Waals surface area (Å²) in [5, 5.41) is 2.65. The summed E-state index contributed by atoms with van der Waals surface area (Å²) < 4.78 is 27.0. The van der Waals surface area contributed by atoms with Gasteiger partial charge in [0.15, 0.2) is 0 Å². The molecule has 1 saturated carbocycles. The van der Waals surface area contributed by atoms with Gasteiger partial charge >= 0.3 is 18.0 Å². The lowest BCUT2D eigenvalue weighted by Crippen LogP contribution is -2.49. The molecule has 1 amide bonds. The fourth-order valence-corrected chi connectivity index (χ4v) is 3.42. The number of amides is 1. The van der Waals surface area contributed by atoms with Gasteiger partial charge in [0.1, 0.15) is 5.60 Å². The molecule has 9 nitrogen and oxygen atoms in total. The van der Waals surface area contributed by atoms with Gasteiger partial charge in [-0.1, -0.05) is 20.3 Å². The zero-order chi connectivity index (χ0) is 22.8. The molecule has 0 heterocycles. The van der Waals surface area contributed by atoms with E-state index in [4.69, 9.17) is 23.7 Å². The first-order valence-electron chi connectivity index (χ1n) is 10.7. The van der Waals surface area contributed by atoms with Crippen LogP contribution in [0.15, 0.2) is 0 Å². The van der Waals surface area contributed by atoms with Crippen molar-refractivity contribution < 1.29 is 38.1 Å². The molecule has 0 aromatic rings. The van der Waals surface area contributed by atoms with Crippen molar-refractivity contribution in [3.8, 4) is 0 Å². The third kappa shape index (κ3) is 8.10. The van der Waals surface area contributed by atoms with Gasteiger partial charge in [0, 0.05) is 33.0 Å². The van der Waals surface area contributed by atoms with Crippen LogP contribution >= 0.6 is 0 Å². The van der Waals surface area contributed by atoms with Crippen molar-refractivity contribution in [1.29, 1.82) is 0 Å². The number of carbonyl (C=O) groups excluding carboxylic acids is 3. The Kier molecular flexibility index (Phi) is 10.6. The lowest BCUT2D eigenvalue weighted by molar-refractivity contribution is -0.253. The lowest BCUT2D eigenvalue weighted by atomic mass is 9.84. The molecule has 0 spiro atoms. The number of esters is 2. The van der Waals surface area contributed by atoms with Crippen LogP contribution in [-0.2, 0) is 33.3 Å². The normalized spacial score (nSPS) is 17.2. The monoisotopic (exact) mass is 431 g/mol. The second-order valence-corrected chi connectivity index (χ2v) is 7.93. The lowest BCUT2D eigenvalue weighted by Gasteiger charge is -2.36. The molecule has 0 saturated heterocycles. The minimum Gasteiger partial charge on any atom is -0.457 e. The molecule has 1 aliphatic rings. The highest BCUT2D eigenvalue weighted by atomic mass is 16.8. The maximum Gasteiger partial charge on any atom is 0.410 e. The summed E-state index contributed by atoms with van der Waals surface area (Å²) in [6.45, 7) is 10.4. The third-order valence-electron chi connectivity index (χ3n) is 4.88. The molecule has 1 rings (SSSR count). The van der Waals surface area contributed by atoms with E-state index in [1.54, 1.807) is 27.7 Å². The quantitative estimate of drug-likeness (QED) is 0.392. The second kappa shape index (κ2) is 12.1. The molecule has 0 aromatic carbocycles. The first kappa shape index (κ1) is 26.2. The molecule has 1 N–H and O–H groups in total. The van der Waals surface area contributed by atoms with E-state index in [-0.39, 0.29) is 31.6 Å². The summed E-state index contributed by atoms with van der Waals surface area (Å²) in [5.41, 5.74) is -0.727. The van der Waals surface area contributed by atoms with Gasteiger partial charge in [0.05, 0.1) is 6.54 Å². The molecule has 0 aromatic heterocycles.